The van der Waals surface area contributed by atoms with E-state index in [2.05, 4.69) is 28.1 Å². The van der Waals surface area contributed by atoms with E-state index in [4.69, 9.17) is 4.98 Å². The molecule has 1 saturated heterocycles. The summed E-state index contributed by atoms with van der Waals surface area (Å²) in [5, 5.41) is 0. The molecule has 2 aromatic carbocycles. The molecule has 1 aliphatic carbocycles. The average molecular weight is 487 g/mol. The zero-order valence-corrected chi connectivity index (χ0v) is 18.9. The van der Waals surface area contributed by atoms with Crippen molar-refractivity contribution in [2.24, 2.45) is 11.8 Å². The minimum Gasteiger partial charge on any atom is -0.274 e. The van der Waals surface area contributed by atoms with Crippen LogP contribution < -0.4 is 4.90 Å². The molecule has 0 radical (unpaired) electrons. The van der Waals surface area contributed by atoms with Gasteiger partial charge in [-0.3, -0.25) is 14.5 Å². The molecule has 0 N–H and O–H groups in total. The maximum atomic E-state index is 12.9. The highest BCUT2D eigenvalue weighted by Crippen LogP contribution is 2.41. The molecular formula is C22H19BrN2O2S2. The van der Waals surface area contributed by atoms with Gasteiger partial charge in [0.25, 0.3) is 0 Å². The highest BCUT2D eigenvalue weighted by atomic mass is 79.9. The highest BCUT2D eigenvalue weighted by molar-refractivity contribution is 9.10. The Balaban J connectivity index is 1.37. The number of aromatic nitrogens is 1. The summed E-state index contributed by atoms with van der Waals surface area (Å²) < 4.78 is 3.08. The van der Waals surface area contributed by atoms with E-state index in [9.17, 15) is 9.59 Å². The van der Waals surface area contributed by atoms with Gasteiger partial charge in [-0.25, -0.2) is 4.98 Å². The number of thioether (sulfide) groups is 1. The monoisotopic (exact) mass is 486 g/mol. The topological polar surface area (TPSA) is 50.3 Å². The Morgan fingerprint density at radius 1 is 1.03 bits per heavy atom. The normalized spacial score (nSPS) is 21.8. The van der Waals surface area contributed by atoms with Crippen LogP contribution in [0.25, 0.3) is 10.2 Å². The lowest BCUT2D eigenvalue weighted by molar-refractivity contribution is -0.122. The number of imide groups is 1. The van der Waals surface area contributed by atoms with Gasteiger partial charge in [0.15, 0.2) is 4.34 Å². The van der Waals surface area contributed by atoms with Crippen molar-refractivity contribution in [1.82, 2.24) is 4.98 Å². The molecule has 2 amide bonds. The number of nitrogens with zero attached hydrogens (tertiary/aromatic N) is 2. The highest BCUT2D eigenvalue weighted by Gasteiger charge is 2.48. The lowest BCUT2D eigenvalue weighted by atomic mass is 9.81. The summed E-state index contributed by atoms with van der Waals surface area (Å²) in [4.78, 5) is 31.9. The van der Waals surface area contributed by atoms with Crippen molar-refractivity contribution >= 4 is 66.7 Å². The van der Waals surface area contributed by atoms with E-state index in [0.717, 1.165) is 50.5 Å². The molecule has 2 atom stereocenters. The van der Waals surface area contributed by atoms with Crippen molar-refractivity contribution in [3.8, 4) is 0 Å². The Labute approximate surface area is 185 Å². The van der Waals surface area contributed by atoms with Crippen molar-refractivity contribution in [3.05, 3.63) is 52.5 Å². The summed E-state index contributed by atoms with van der Waals surface area (Å²) in [6, 6.07) is 14.0. The van der Waals surface area contributed by atoms with Gasteiger partial charge < -0.3 is 0 Å². The van der Waals surface area contributed by atoms with E-state index in [1.807, 2.05) is 30.3 Å². The second-order valence-corrected chi connectivity index (χ2v) is 10.7. The SMILES string of the molecule is O=C1[C@@H]2CCCC[C@H]2C(=O)N1c1ccc2nc(SCc3ccc(Br)cc3)sc2c1. The van der Waals surface area contributed by atoms with Crippen molar-refractivity contribution in [2.75, 3.05) is 4.90 Å². The van der Waals surface area contributed by atoms with Gasteiger partial charge in [-0.1, -0.05) is 52.7 Å². The van der Waals surface area contributed by atoms with Gasteiger partial charge in [-0.15, -0.1) is 11.3 Å². The van der Waals surface area contributed by atoms with Crippen LogP contribution in [0.4, 0.5) is 5.69 Å². The predicted octanol–water partition coefficient (Wildman–Crippen LogP) is 6.03. The van der Waals surface area contributed by atoms with Crippen LogP contribution in [0.3, 0.4) is 0 Å². The number of amides is 2. The molecule has 1 saturated carbocycles. The fraction of sp³-hybridized carbons (Fsp3) is 0.318. The molecule has 4 nitrogen and oxygen atoms in total. The molecular weight excluding hydrogens is 468 g/mol. The summed E-state index contributed by atoms with van der Waals surface area (Å²) in [5.41, 5.74) is 2.84. The lowest BCUT2D eigenvalue weighted by Crippen LogP contribution is -2.30. The zero-order valence-electron chi connectivity index (χ0n) is 15.6. The number of halogens is 1. The average Bonchev–Trinajstić information content (AvgIpc) is 3.26. The number of hydrogen-bond donors (Lipinski definition) is 0. The van der Waals surface area contributed by atoms with Crippen LogP contribution in [0, 0.1) is 11.8 Å². The van der Waals surface area contributed by atoms with Crippen molar-refractivity contribution in [1.29, 1.82) is 0 Å². The van der Waals surface area contributed by atoms with Crippen molar-refractivity contribution in [2.45, 2.75) is 35.8 Å². The number of thiazole rings is 1. The van der Waals surface area contributed by atoms with Gasteiger partial charge in [0, 0.05) is 10.2 Å². The first-order valence-electron chi connectivity index (χ1n) is 9.76. The summed E-state index contributed by atoms with van der Waals surface area (Å²) >= 11 is 6.78. The van der Waals surface area contributed by atoms with Crippen LogP contribution in [-0.2, 0) is 15.3 Å². The van der Waals surface area contributed by atoms with E-state index in [1.54, 1.807) is 23.1 Å². The minimum atomic E-state index is -0.120. The molecule has 3 aromatic rings. The van der Waals surface area contributed by atoms with Gasteiger partial charge in [0.2, 0.25) is 11.8 Å². The Bertz CT molecular complexity index is 1070. The Morgan fingerprint density at radius 3 is 2.41 bits per heavy atom. The predicted molar refractivity (Wildman–Crippen MR) is 121 cm³/mol. The molecule has 5 rings (SSSR count). The largest absolute Gasteiger partial charge is 0.274 e. The van der Waals surface area contributed by atoms with Crippen LogP contribution in [0.15, 0.2) is 51.3 Å². The summed E-state index contributed by atoms with van der Waals surface area (Å²) in [5.74, 6) is 0.574. The molecule has 0 spiro atoms. The second kappa shape index (κ2) is 7.85. The molecule has 1 aliphatic heterocycles. The van der Waals surface area contributed by atoms with Crippen LogP contribution in [0.1, 0.15) is 31.2 Å². The first-order chi connectivity index (χ1) is 14.1. The number of fused-ring (bicyclic) bond motifs is 2. The number of rotatable bonds is 4. The fourth-order valence-electron chi connectivity index (χ4n) is 4.24. The third kappa shape index (κ3) is 3.64. The van der Waals surface area contributed by atoms with Crippen molar-refractivity contribution < 1.29 is 9.59 Å². The second-order valence-electron chi connectivity index (χ2n) is 7.56. The van der Waals surface area contributed by atoms with Gasteiger partial charge in [0.05, 0.1) is 27.7 Å². The molecule has 0 unspecified atom stereocenters. The maximum absolute atomic E-state index is 12.9. The van der Waals surface area contributed by atoms with E-state index in [1.165, 1.54) is 10.5 Å². The van der Waals surface area contributed by atoms with E-state index in [0.29, 0.717) is 5.69 Å². The Kier molecular flexibility index (Phi) is 5.22. The van der Waals surface area contributed by atoms with Gasteiger partial charge in [-0.2, -0.15) is 0 Å². The first-order valence-corrected chi connectivity index (χ1v) is 12.4. The molecule has 1 aromatic heterocycles. The number of hydrogen-bond acceptors (Lipinski definition) is 5. The van der Waals surface area contributed by atoms with Crippen molar-refractivity contribution in [3.63, 3.8) is 0 Å². The fourth-order valence-corrected chi connectivity index (χ4v) is 6.56. The molecule has 148 valence electrons. The maximum Gasteiger partial charge on any atom is 0.237 e. The number of carbonyl (C=O) groups is 2. The van der Waals surface area contributed by atoms with Gasteiger partial charge in [-0.05, 0) is 48.7 Å². The molecule has 29 heavy (non-hydrogen) atoms. The smallest absolute Gasteiger partial charge is 0.237 e. The first kappa shape index (κ1) is 19.3. The third-order valence-corrected chi connectivity index (χ3v) is 8.49. The number of anilines is 1. The minimum absolute atomic E-state index is 0.0200. The standard InChI is InChI=1S/C22H19BrN2O2S2/c23-14-7-5-13(6-8-14)12-28-22-24-18-10-9-15(11-19(18)29-22)25-20(26)16-3-1-2-4-17(16)21(25)27/h5-11,16-17H,1-4,12H2/t16-,17-/m1/s1. The summed E-state index contributed by atoms with van der Waals surface area (Å²) in [6.45, 7) is 0. The molecule has 2 fully saturated rings. The van der Waals surface area contributed by atoms with Crippen LogP contribution in [0.2, 0.25) is 0 Å². The van der Waals surface area contributed by atoms with Crippen LogP contribution in [-0.4, -0.2) is 16.8 Å². The summed E-state index contributed by atoms with van der Waals surface area (Å²) in [7, 11) is 0. The Morgan fingerprint density at radius 2 is 1.72 bits per heavy atom. The quantitative estimate of drug-likeness (QED) is 0.333. The van der Waals surface area contributed by atoms with Crippen LogP contribution in [0.5, 0.6) is 0 Å². The van der Waals surface area contributed by atoms with E-state index < -0.39 is 0 Å². The number of carbonyl (C=O) groups excluding carboxylic acids is 2. The summed E-state index contributed by atoms with van der Waals surface area (Å²) in [6.07, 6.45) is 3.76. The molecule has 2 aliphatic rings. The zero-order chi connectivity index (χ0) is 20.0. The number of benzene rings is 2. The van der Waals surface area contributed by atoms with Crippen LogP contribution >= 0.6 is 39.0 Å². The Hall–Kier alpha value is -1.70. The van der Waals surface area contributed by atoms with Gasteiger partial charge in [0.1, 0.15) is 0 Å². The van der Waals surface area contributed by atoms with Gasteiger partial charge >= 0.3 is 0 Å². The molecule has 2 heterocycles. The third-order valence-electron chi connectivity index (χ3n) is 5.73. The van der Waals surface area contributed by atoms with E-state index >= 15 is 0 Å². The lowest BCUT2D eigenvalue weighted by Gasteiger charge is -2.19. The molecule has 7 heteroatoms. The van der Waals surface area contributed by atoms with E-state index in [-0.39, 0.29) is 23.7 Å². The molecule has 0 bridgehead atoms.